The second-order valence-electron chi connectivity index (χ2n) is 10.0. The monoisotopic (exact) mass is 535 g/mol. The Morgan fingerprint density at radius 2 is 1.58 bits per heavy atom. The first-order valence-electron chi connectivity index (χ1n) is 13.4. The molecule has 1 unspecified atom stereocenters. The van der Waals surface area contributed by atoms with Crippen LogP contribution < -0.4 is 5.32 Å². The molecule has 0 heterocycles. The van der Waals surface area contributed by atoms with Crippen LogP contribution in [0.4, 0.5) is 0 Å². The molecular weight excluding hydrogens is 498 g/mol. The second-order valence-corrected chi connectivity index (χ2v) is 12.1. The van der Waals surface area contributed by atoms with Crippen LogP contribution >= 0.6 is 0 Å². The van der Waals surface area contributed by atoms with Crippen molar-refractivity contribution in [3.8, 4) is 0 Å². The molecule has 1 fully saturated rings. The van der Waals surface area contributed by atoms with E-state index in [4.69, 9.17) is 0 Å². The minimum absolute atomic E-state index is 0.120. The molecule has 4 rings (SSSR count). The standard InChI is InChI=1S/C30H37N3O4S/c1-3-28(30(35)31-26-16-8-5-9-17-26)33(21-23-12-6-4-7-13-23)29(34)22-32(2)38(36,37)27-19-18-24-14-10-11-15-25(24)20-27/h4,6-7,10-15,18-20,26,28H,3,5,8-9,16-17,21-22H2,1-2H3,(H,31,35). The van der Waals surface area contributed by atoms with Crippen LogP contribution in [0.25, 0.3) is 10.8 Å². The number of nitrogens with one attached hydrogen (secondary N) is 1. The van der Waals surface area contributed by atoms with E-state index in [1.807, 2.05) is 61.5 Å². The number of nitrogens with zero attached hydrogens (tertiary/aromatic N) is 2. The van der Waals surface area contributed by atoms with Gasteiger partial charge in [-0.15, -0.1) is 0 Å². The molecule has 8 heteroatoms. The highest BCUT2D eigenvalue weighted by Gasteiger charge is 2.32. The van der Waals surface area contributed by atoms with E-state index < -0.39 is 22.0 Å². The van der Waals surface area contributed by atoms with Gasteiger partial charge in [0.05, 0.1) is 11.4 Å². The van der Waals surface area contributed by atoms with Crippen molar-refractivity contribution >= 4 is 32.6 Å². The van der Waals surface area contributed by atoms with Gasteiger partial charge >= 0.3 is 0 Å². The van der Waals surface area contributed by atoms with Gasteiger partial charge in [-0.3, -0.25) is 9.59 Å². The maximum atomic E-state index is 13.7. The number of fused-ring (bicyclic) bond motifs is 1. The molecule has 3 aromatic carbocycles. The number of sulfonamides is 1. The van der Waals surface area contributed by atoms with Crippen molar-refractivity contribution in [2.75, 3.05) is 13.6 Å². The van der Waals surface area contributed by atoms with Crippen molar-refractivity contribution in [1.82, 2.24) is 14.5 Å². The van der Waals surface area contributed by atoms with Crippen molar-refractivity contribution in [3.63, 3.8) is 0 Å². The van der Waals surface area contributed by atoms with Gasteiger partial charge in [-0.1, -0.05) is 86.8 Å². The molecule has 1 atom stereocenters. The van der Waals surface area contributed by atoms with E-state index in [9.17, 15) is 18.0 Å². The number of hydrogen-bond acceptors (Lipinski definition) is 4. The molecule has 1 N–H and O–H groups in total. The summed E-state index contributed by atoms with van der Waals surface area (Å²) in [5.41, 5.74) is 0.879. The van der Waals surface area contributed by atoms with E-state index in [0.29, 0.717) is 6.42 Å². The molecule has 1 aliphatic carbocycles. The quantitative estimate of drug-likeness (QED) is 0.407. The number of carbonyl (C=O) groups is 2. The fourth-order valence-corrected chi connectivity index (χ4v) is 6.27. The van der Waals surface area contributed by atoms with Crippen LogP contribution in [0.2, 0.25) is 0 Å². The SMILES string of the molecule is CCC(C(=O)NC1CCCCC1)N(Cc1ccccc1)C(=O)CN(C)S(=O)(=O)c1ccc2ccccc2c1. The summed E-state index contributed by atoms with van der Waals surface area (Å²) in [4.78, 5) is 28.7. The molecule has 1 aliphatic rings. The molecule has 0 spiro atoms. The van der Waals surface area contributed by atoms with Gasteiger partial charge in [0.1, 0.15) is 6.04 Å². The lowest BCUT2D eigenvalue weighted by Gasteiger charge is -2.33. The van der Waals surface area contributed by atoms with E-state index in [2.05, 4.69) is 5.32 Å². The van der Waals surface area contributed by atoms with Crippen molar-refractivity contribution in [2.45, 2.75) is 69.0 Å². The largest absolute Gasteiger partial charge is 0.352 e. The molecule has 1 saturated carbocycles. The lowest BCUT2D eigenvalue weighted by Crippen LogP contribution is -2.53. The van der Waals surface area contributed by atoms with Crippen LogP contribution in [0.1, 0.15) is 51.0 Å². The zero-order valence-corrected chi connectivity index (χ0v) is 23.0. The average molecular weight is 536 g/mol. The lowest BCUT2D eigenvalue weighted by atomic mass is 9.95. The van der Waals surface area contributed by atoms with Crippen LogP contribution in [-0.2, 0) is 26.2 Å². The minimum Gasteiger partial charge on any atom is -0.352 e. The summed E-state index contributed by atoms with van der Waals surface area (Å²) < 4.78 is 27.9. The Bertz CT molecular complexity index is 1350. The fraction of sp³-hybridized carbons (Fsp3) is 0.400. The second kappa shape index (κ2) is 12.5. The zero-order valence-electron chi connectivity index (χ0n) is 22.2. The smallest absolute Gasteiger partial charge is 0.243 e. The van der Waals surface area contributed by atoms with Gasteiger partial charge < -0.3 is 10.2 Å². The summed E-state index contributed by atoms with van der Waals surface area (Å²) in [6.07, 6.45) is 5.68. The predicted molar refractivity (Wildman–Crippen MR) is 150 cm³/mol. The van der Waals surface area contributed by atoms with Crippen LogP contribution in [0.15, 0.2) is 77.7 Å². The Kier molecular flexibility index (Phi) is 9.17. The molecule has 38 heavy (non-hydrogen) atoms. The molecule has 0 radical (unpaired) electrons. The third-order valence-corrected chi connectivity index (χ3v) is 9.12. The highest BCUT2D eigenvalue weighted by atomic mass is 32.2. The van der Waals surface area contributed by atoms with E-state index in [1.165, 1.54) is 18.4 Å². The normalized spacial score (nSPS) is 15.3. The van der Waals surface area contributed by atoms with Gasteiger partial charge in [0.15, 0.2) is 0 Å². The first-order valence-corrected chi connectivity index (χ1v) is 14.8. The first kappa shape index (κ1) is 27.8. The van der Waals surface area contributed by atoms with Crippen LogP contribution in [0.3, 0.4) is 0 Å². The minimum atomic E-state index is -3.92. The Morgan fingerprint density at radius 1 is 0.921 bits per heavy atom. The third-order valence-electron chi connectivity index (χ3n) is 7.32. The van der Waals surface area contributed by atoms with Gasteiger partial charge in [-0.2, -0.15) is 4.31 Å². The fourth-order valence-electron chi connectivity index (χ4n) is 5.12. The maximum absolute atomic E-state index is 13.7. The Balaban J connectivity index is 1.55. The summed E-state index contributed by atoms with van der Waals surface area (Å²) in [7, 11) is -2.51. The van der Waals surface area contributed by atoms with Gasteiger partial charge in [0.2, 0.25) is 21.8 Å². The predicted octanol–water partition coefficient (Wildman–Crippen LogP) is 4.72. The van der Waals surface area contributed by atoms with Crippen molar-refractivity contribution < 1.29 is 18.0 Å². The summed E-state index contributed by atoms with van der Waals surface area (Å²) >= 11 is 0. The Morgan fingerprint density at radius 3 is 2.26 bits per heavy atom. The third kappa shape index (κ3) is 6.60. The van der Waals surface area contributed by atoms with Gasteiger partial charge in [0.25, 0.3) is 0 Å². The Labute approximate surface area is 225 Å². The van der Waals surface area contributed by atoms with E-state index in [-0.39, 0.29) is 29.9 Å². The molecule has 0 aliphatic heterocycles. The molecular formula is C30H37N3O4S. The van der Waals surface area contributed by atoms with E-state index in [1.54, 1.807) is 18.2 Å². The maximum Gasteiger partial charge on any atom is 0.243 e. The molecule has 0 saturated heterocycles. The first-order chi connectivity index (χ1) is 18.3. The number of amides is 2. The number of carbonyl (C=O) groups excluding carboxylic acids is 2. The van der Waals surface area contributed by atoms with E-state index >= 15 is 0 Å². The van der Waals surface area contributed by atoms with Crippen LogP contribution in [0.5, 0.6) is 0 Å². The molecule has 202 valence electrons. The Hall–Kier alpha value is -3.23. The van der Waals surface area contributed by atoms with Gasteiger partial charge in [-0.25, -0.2) is 8.42 Å². The summed E-state index contributed by atoms with van der Waals surface area (Å²) in [6.45, 7) is 1.74. The highest BCUT2D eigenvalue weighted by molar-refractivity contribution is 7.89. The van der Waals surface area contributed by atoms with Gasteiger partial charge in [0, 0.05) is 19.6 Å². The lowest BCUT2D eigenvalue weighted by molar-refractivity contribution is -0.141. The molecule has 2 amide bonds. The number of benzene rings is 3. The van der Waals surface area contributed by atoms with Crippen molar-refractivity contribution in [2.24, 2.45) is 0 Å². The molecule has 3 aromatic rings. The zero-order chi connectivity index (χ0) is 27.1. The summed E-state index contributed by atoms with van der Waals surface area (Å²) in [6, 6.07) is 21.4. The number of likely N-dealkylation sites (N-methyl/N-ethyl adjacent to an activating group) is 1. The van der Waals surface area contributed by atoms with Crippen molar-refractivity contribution in [1.29, 1.82) is 0 Å². The van der Waals surface area contributed by atoms with E-state index in [0.717, 1.165) is 46.3 Å². The van der Waals surface area contributed by atoms with Crippen molar-refractivity contribution in [3.05, 3.63) is 78.4 Å². The average Bonchev–Trinajstić information content (AvgIpc) is 2.93. The van der Waals surface area contributed by atoms with Crippen LogP contribution in [0, 0.1) is 0 Å². The number of rotatable bonds is 10. The van der Waals surface area contributed by atoms with Gasteiger partial charge in [-0.05, 0) is 47.7 Å². The van der Waals surface area contributed by atoms with Crippen LogP contribution in [-0.4, -0.2) is 55.1 Å². The summed E-state index contributed by atoms with van der Waals surface area (Å²) in [5, 5.41) is 4.90. The number of hydrogen-bond donors (Lipinski definition) is 1. The molecule has 0 aromatic heterocycles. The highest BCUT2D eigenvalue weighted by Crippen LogP contribution is 2.23. The summed E-state index contributed by atoms with van der Waals surface area (Å²) in [5.74, 6) is -0.588. The molecule has 7 nitrogen and oxygen atoms in total. The topological polar surface area (TPSA) is 86.8 Å². The molecule has 0 bridgehead atoms.